The molecule has 5 aromatic rings. The lowest BCUT2D eigenvalue weighted by atomic mass is 10.1. The van der Waals surface area contributed by atoms with E-state index in [4.69, 9.17) is 0 Å². The maximum atomic E-state index is 13.2. The van der Waals surface area contributed by atoms with Crippen molar-refractivity contribution in [2.45, 2.75) is 11.8 Å². The predicted octanol–water partition coefficient (Wildman–Crippen LogP) is 6.79. The van der Waals surface area contributed by atoms with Crippen LogP contribution in [0.25, 0.3) is 21.8 Å². The van der Waals surface area contributed by atoms with Gasteiger partial charge in [0.05, 0.1) is 16.8 Å². The summed E-state index contributed by atoms with van der Waals surface area (Å²) in [5.74, 6) is 0.215. The highest BCUT2D eigenvalue weighted by Crippen LogP contribution is 2.30. The van der Waals surface area contributed by atoms with E-state index in [1.54, 1.807) is 6.07 Å². The van der Waals surface area contributed by atoms with Gasteiger partial charge in [0.25, 0.3) is 5.91 Å². The Morgan fingerprint density at radius 2 is 1.42 bits per heavy atom. The summed E-state index contributed by atoms with van der Waals surface area (Å²) >= 11 is 1.49. The Labute approximate surface area is 196 Å². The van der Waals surface area contributed by atoms with Crippen LogP contribution in [0.5, 0.6) is 0 Å². The second-order valence-electron chi connectivity index (χ2n) is 7.90. The number of para-hydroxylation sites is 2. The Morgan fingerprint density at radius 3 is 2.06 bits per heavy atom. The molecule has 0 saturated carbocycles. The number of thioether (sulfide) groups is 1. The zero-order chi connectivity index (χ0) is 22.8. The van der Waals surface area contributed by atoms with Gasteiger partial charge in [0.1, 0.15) is 0 Å². The molecule has 0 aliphatic rings. The molecule has 1 aromatic heterocycles. The highest BCUT2D eigenvalue weighted by Gasteiger charge is 2.15. The van der Waals surface area contributed by atoms with Crippen molar-refractivity contribution in [1.29, 1.82) is 0 Å². The van der Waals surface area contributed by atoms with Crippen LogP contribution in [-0.4, -0.2) is 22.1 Å². The standard InChI is InChI=1S/C28H22N2O2S/c1-19-7-6-8-20(17-19)28(32)29-21-13-15-22(16-14-21)33-18-27(31)30-25-11-4-2-9-23(25)24-10-3-5-12-26(24)30/h2-17H,18H2,1H3,(H,29,32). The van der Waals surface area contributed by atoms with Crippen LogP contribution in [-0.2, 0) is 0 Å². The van der Waals surface area contributed by atoms with E-state index >= 15 is 0 Å². The van der Waals surface area contributed by atoms with Gasteiger partial charge in [-0.15, -0.1) is 11.8 Å². The number of nitrogens with one attached hydrogen (secondary N) is 1. The molecule has 0 aliphatic heterocycles. The van der Waals surface area contributed by atoms with Crippen molar-refractivity contribution in [2.24, 2.45) is 0 Å². The van der Waals surface area contributed by atoms with E-state index in [0.717, 1.165) is 38.0 Å². The molecule has 0 saturated heterocycles. The molecule has 1 N–H and O–H groups in total. The van der Waals surface area contributed by atoms with Crippen molar-refractivity contribution in [3.8, 4) is 0 Å². The quantitative estimate of drug-likeness (QED) is 0.300. The van der Waals surface area contributed by atoms with Gasteiger partial charge in [-0.3, -0.25) is 14.2 Å². The van der Waals surface area contributed by atoms with E-state index in [9.17, 15) is 9.59 Å². The van der Waals surface area contributed by atoms with Crippen LogP contribution in [0.4, 0.5) is 5.69 Å². The molecule has 162 valence electrons. The fraction of sp³-hybridized carbons (Fsp3) is 0.0714. The fourth-order valence-corrected chi connectivity index (χ4v) is 4.77. The molecule has 5 rings (SSSR count). The van der Waals surface area contributed by atoms with Crippen LogP contribution in [0, 0.1) is 6.92 Å². The molecule has 1 heterocycles. The Bertz CT molecular complexity index is 1430. The Kier molecular flexibility index (Phi) is 5.71. The van der Waals surface area contributed by atoms with Crippen LogP contribution in [0.2, 0.25) is 0 Å². The highest BCUT2D eigenvalue weighted by molar-refractivity contribution is 8.00. The molecule has 0 bridgehead atoms. The molecule has 0 radical (unpaired) electrons. The molecule has 5 heteroatoms. The number of benzene rings is 4. The van der Waals surface area contributed by atoms with Gasteiger partial charge in [-0.05, 0) is 55.5 Å². The summed E-state index contributed by atoms with van der Waals surface area (Å²) in [6, 6.07) is 31.1. The van der Waals surface area contributed by atoms with Crippen molar-refractivity contribution < 1.29 is 9.59 Å². The number of aromatic nitrogens is 1. The second-order valence-corrected chi connectivity index (χ2v) is 8.95. The van der Waals surface area contributed by atoms with E-state index < -0.39 is 0 Å². The first-order valence-electron chi connectivity index (χ1n) is 10.7. The normalized spacial score (nSPS) is 11.1. The molecule has 0 aliphatic carbocycles. The zero-order valence-corrected chi connectivity index (χ0v) is 18.9. The molecule has 4 nitrogen and oxygen atoms in total. The molecule has 33 heavy (non-hydrogen) atoms. The van der Waals surface area contributed by atoms with Crippen LogP contribution in [0.1, 0.15) is 20.7 Å². The summed E-state index contributed by atoms with van der Waals surface area (Å²) in [6.07, 6.45) is 0. The lowest BCUT2D eigenvalue weighted by molar-refractivity contribution is 0.0950. The summed E-state index contributed by atoms with van der Waals surface area (Å²) in [7, 11) is 0. The van der Waals surface area contributed by atoms with E-state index in [2.05, 4.69) is 17.4 Å². The fourth-order valence-electron chi connectivity index (χ4n) is 4.02. The average molecular weight is 451 g/mol. The number of hydrogen-bond acceptors (Lipinski definition) is 3. The predicted molar refractivity (Wildman–Crippen MR) is 136 cm³/mol. The van der Waals surface area contributed by atoms with Crippen LogP contribution in [0.15, 0.2) is 102 Å². The monoisotopic (exact) mass is 450 g/mol. The maximum absolute atomic E-state index is 13.2. The number of carbonyl (C=O) groups is 2. The molecular weight excluding hydrogens is 428 g/mol. The number of hydrogen-bond donors (Lipinski definition) is 1. The minimum Gasteiger partial charge on any atom is -0.322 e. The van der Waals surface area contributed by atoms with Gasteiger partial charge in [0.15, 0.2) is 0 Å². The summed E-state index contributed by atoms with van der Waals surface area (Å²) in [6.45, 7) is 1.96. The average Bonchev–Trinajstić information content (AvgIpc) is 3.18. The van der Waals surface area contributed by atoms with Crippen molar-refractivity contribution >= 4 is 51.1 Å². The van der Waals surface area contributed by atoms with E-state index in [1.807, 2.05) is 90.4 Å². The molecule has 0 spiro atoms. The molecule has 4 aromatic carbocycles. The number of carbonyl (C=O) groups excluding carboxylic acids is 2. The van der Waals surface area contributed by atoms with Gasteiger partial charge in [-0.25, -0.2) is 0 Å². The number of fused-ring (bicyclic) bond motifs is 3. The number of nitrogens with zero attached hydrogens (tertiary/aromatic N) is 1. The van der Waals surface area contributed by atoms with Crippen molar-refractivity contribution in [3.63, 3.8) is 0 Å². The molecule has 0 fully saturated rings. The summed E-state index contributed by atoms with van der Waals surface area (Å²) in [5.41, 5.74) is 4.25. The van der Waals surface area contributed by atoms with E-state index in [0.29, 0.717) is 11.3 Å². The van der Waals surface area contributed by atoms with Gasteiger partial charge in [-0.1, -0.05) is 54.1 Å². The summed E-state index contributed by atoms with van der Waals surface area (Å²) in [4.78, 5) is 26.6. The Balaban J connectivity index is 1.29. The highest BCUT2D eigenvalue weighted by atomic mass is 32.2. The van der Waals surface area contributed by atoms with E-state index in [1.165, 1.54) is 11.8 Å². The van der Waals surface area contributed by atoms with Crippen LogP contribution < -0.4 is 5.32 Å². The number of anilines is 1. The van der Waals surface area contributed by atoms with Gasteiger partial charge in [0.2, 0.25) is 5.91 Å². The lowest BCUT2D eigenvalue weighted by Gasteiger charge is -2.08. The largest absolute Gasteiger partial charge is 0.322 e. The number of amides is 1. The van der Waals surface area contributed by atoms with Crippen LogP contribution in [0.3, 0.4) is 0 Å². The minimum atomic E-state index is -0.138. The third-order valence-electron chi connectivity index (χ3n) is 5.58. The maximum Gasteiger partial charge on any atom is 0.255 e. The zero-order valence-electron chi connectivity index (χ0n) is 18.1. The molecule has 1 amide bonds. The summed E-state index contributed by atoms with van der Waals surface area (Å²) < 4.78 is 1.81. The van der Waals surface area contributed by atoms with E-state index in [-0.39, 0.29) is 11.8 Å². The minimum absolute atomic E-state index is 0.0363. The second kappa shape index (κ2) is 8.96. The molecular formula is C28H22N2O2S. The smallest absolute Gasteiger partial charge is 0.255 e. The lowest BCUT2D eigenvalue weighted by Crippen LogP contribution is -2.13. The molecule has 0 atom stereocenters. The van der Waals surface area contributed by atoms with Crippen molar-refractivity contribution in [2.75, 3.05) is 11.1 Å². The first-order valence-corrected chi connectivity index (χ1v) is 11.7. The SMILES string of the molecule is Cc1cccc(C(=O)Nc2ccc(SCC(=O)n3c4ccccc4c4ccccc43)cc2)c1. The number of aryl methyl sites for hydroxylation is 1. The topological polar surface area (TPSA) is 51.1 Å². The third kappa shape index (κ3) is 4.28. The first kappa shape index (κ1) is 21.0. The van der Waals surface area contributed by atoms with Gasteiger partial charge in [0, 0.05) is 26.9 Å². The third-order valence-corrected chi connectivity index (χ3v) is 6.58. The summed E-state index contributed by atoms with van der Waals surface area (Å²) in [5, 5.41) is 5.09. The Hall–Kier alpha value is -3.83. The Morgan fingerprint density at radius 1 is 0.788 bits per heavy atom. The van der Waals surface area contributed by atoms with Gasteiger partial charge >= 0.3 is 0 Å². The van der Waals surface area contributed by atoms with Crippen molar-refractivity contribution in [1.82, 2.24) is 4.57 Å². The van der Waals surface area contributed by atoms with Gasteiger partial charge in [-0.2, -0.15) is 0 Å². The van der Waals surface area contributed by atoms with Crippen molar-refractivity contribution in [3.05, 3.63) is 108 Å². The molecule has 0 unspecified atom stereocenters. The van der Waals surface area contributed by atoms with Gasteiger partial charge < -0.3 is 5.32 Å². The van der Waals surface area contributed by atoms with Crippen LogP contribution >= 0.6 is 11.8 Å². The first-order chi connectivity index (χ1) is 16.1. The number of rotatable bonds is 5.